The lowest BCUT2D eigenvalue weighted by atomic mass is 9.87. The van der Waals surface area contributed by atoms with Crippen molar-refractivity contribution in [1.82, 2.24) is 4.90 Å². The number of ether oxygens (including phenoxy) is 1. The Kier molecular flexibility index (Phi) is 5.19. The van der Waals surface area contributed by atoms with Gasteiger partial charge in [-0.3, -0.25) is 4.79 Å². The van der Waals surface area contributed by atoms with E-state index in [9.17, 15) is 14.7 Å². The van der Waals surface area contributed by atoms with Crippen LogP contribution in [0, 0.1) is 5.92 Å². The third-order valence-corrected chi connectivity index (χ3v) is 4.65. The molecule has 1 amide bonds. The molecule has 1 atom stereocenters. The van der Waals surface area contributed by atoms with E-state index in [0.717, 1.165) is 5.56 Å². The zero-order chi connectivity index (χ0) is 17.8. The Morgan fingerprint density at radius 2 is 1.92 bits per heavy atom. The second-order valence-electron chi connectivity index (χ2n) is 6.18. The van der Waals surface area contributed by atoms with Crippen LogP contribution in [0.15, 0.2) is 47.1 Å². The number of likely N-dealkylation sites (tertiary alicyclic amines) is 1. The van der Waals surface area contributed by atoms with E-state index >= 15 is 0 Å². The molecule has 0 saturated carbocycles. The van der Waals surface area contributed by atoms with Crippen LogP contribution < -0.4 is 0 Å². The molecule has 1 saturated heterocycles. The SMILES string of the molecule is COC(=O)c1coc(C(=O)N2CCC([C@@H](O)c3ccccc3)CC2)c1. The summed E-state index contributed by atoms with van der Waals surface area (Å²) < 4.78 is 9.81. The smallest absolute Gasteiger partial charge is 0.341 e. The van der Waals surface area contributed by atoms with Crippen LogP contribution in [0.2, 0.25) is 0 Å². The molecule has 1 aromatic carbocycles. The van der Waals surface area contributed by atoms with Crippen molar-refractivity contribution in [1.29, 1.82) is 0 Å². The molecule has 25 heavy (non-hydrogen) atoms. The van der Waals surface area contributed by atoms with Crippen molar-refractivity contribution >= 4 is 11.9 Å². The van der Waals surface area contributed by atoms with E-state index in [2.05, 4.69) is 4.74 Å². The van der Waals surface area contributed by atoms with Crippen LogP contribution in [-0.4, -0.2) is 42.1 Å². The largest absolute Gasteiger partial charge is 0.465 e. The van der Waals surface area contributed by atoms with E-state index < -0.39 is 12.1 Å². The van der Waals surface area contributed by atoms with Crippen LogP contribution in [0.25, 0.3) is 0 Å². The highest BCUT2D eigenvalue weighted by Gasteiger charge is 2.30. The summed E-state index contributed by atoms with van der Waals surface area (Å²) in [6, 6.07) is 11.0. The lowest BCUT2D eigenvalue weighted by molar-refractivity contribution is 0.0442. The zero-order valence-corrected chi connectivity index (χ0v) is 14.1. The van der Waals surface area contributed by atoms with Gasteiger partial charge in [-0.15, -0.1) is 0 Å². The highest BCUT2D eigenvalue weighted by molar-refractivity contribution is 5.96. The van der Waals surface area contributed by atoms with Gasteiger partial charge in [0.15, 0.2) is 5.76 Å². The lowest BCUT2D eigenvalue weighted by Gasteiger charge is -2.34. The maximum Gasteiger partial charge on any atom is 0.341 e. The number of hydrogen-bond donors (Lipinski definition) is 1. The molecule has 2 heterocycles. The molecule has 1 N–H and O–H groups in total. The van der Waals surface area contributed by atoms with Crippen molar-refractivity contribution in [2.24, 2.45) is 5.92 Å². The topological polar surface area (TPSA) is 80.0 Å². The summed E-state index contributed by atoms with van der Waals surface area (Å²) in [5.74, 6) is -0.536. The van der Waals surface area contributed by atoms with Gasteiger partial charge in [-0.05, 0) is 24.3 Å². The Bertz CT molecular complexity index is 731. The number of benzene rings is 1. The minimum atomic E-state index is -0.535. The number of aliphatic hydroxyl groups excluding tert-OH is 1. The highest BCUT2D eigenvalue weighted by Crippen LogP contribution is 2.31. The average molecular weight is 343 g/mol. The van der Waals surface area contributed by atoms with Gasteiger partial charge in [0.1, 0.15) is 6.26 Å². The van der Waals surface area contributed by atoms with Crippen molar-refractivity contribution in [3.63, 3.8) is 0 Å². The lowest BCUT2D eigenvalue weighted by Crippen LogP contribution is -2.39. The van der Waals surface area contributed by atoms with Crippen LogP contribution >= 0.6 is 0 Å². The Morgan fingerprint density at radius 1 is 1.24 bits per heavy atom. The molecule has 0 unspecified atom stereocenters. The second kappa shape index (κ2) is 7.53. The van der Waals surface area contributed by atoms with E-state index in [-0.39, 0.29) is 23.1 Å². The number of methoxy groups -OCH3 is 1. The normalized spacial score (nSPS) is 16.5. The third-order valence-electron chi connectivity index (χ3n) is 4.65. The standard InChI is InChI=1S/C19H21NO5/c1-24-19(23)15-11-16(25-12-15)18(22)20-9-7-14(8-10-20)17(21)13-5-3-2-4-6-13/h2-6,11-12,14,17,21H,7-10H2,1H3/t17-/m0/s1. The van der Waals surface area contributed by atoms with Gasteiger partial charge in [-0.2, -0.15) is 0 Å². The summed E-state index contributed by atoms with van der Waals surface area (Å²) in [5, 5.41) is 10.5. The van der Waals surface area contributed by atoms with Gasteiger partial charge >= 0.3 is 5.97 Å². The summed E-state index contributed by atoms with van der Waals surface area (Å²) >= 11 is 0. The first-order valence-corrected chi connectivity index (χ1v) is 8.29. The van der Waals surface area contributed by atoms with Crippen molar-refractivity contribution < 1.29 is 23.8 Å². The van der Waals surface area contributed by atoms with Crippen LogP contribution in [0.4, 0.5) is 0 Å². The van der Waals surface area contributed by atoms with Gasteiger partial charge in [0, 0.05) is 19.2 Å². The molecule has 0 spiro atoms. The number of furan rings is 1. The molecule has 2 aromatic rings. The monoisotopic (exact) mass is 343 g/mol. The van der Waals surface area contributed by atoms with Gasteiger partial charge in [-0.25, -0.2) is 4.79 Å². The van der Waals surface area contributed by atoms with Crippen molar-refractivity contribution in [2.75, 3.05) is 20.2 Å². The molecular weight excluding hydrogens is 322 g/mol. The fraction of sp³-hybridized carbons (Fsp3) is 0.368. The molecule has 0 bridgehead atoms. The minimum Gasteiger partial charge on any atom is -0.465 e. The number of nitrogens with zero attached hydrogens (tertiary/aromatic N) is 1. The number of carbonyl (C=O) groups is 2. The number of hydrogen-bond acceptors (Lipinski definition) is 5. The molecule has 6 nitrogen and oxygen atoms in total. The number of carbonyl (C=O) groups excluding carboxylic acids is 2. The number of amides is 1. The van der Waals surface area contributed by atoms with Crippen LogP contribution in [0.3, 0.4) is 0 Å². The molecule has 0 aliphatic carbocycles. The number of aliphatic hydroxyl groups is 1. The van der Waals surface area contributed by atoms with E-state index in [4.69, 9.17) is 4.42 Å². The van der Waals surface area contributed by atoms with Gasteiger partial charge < -0.3 is 19.2 Å². The predicted molar refractivity (Wildman–Crippen MR) is 90.1 cm³/mol. The van der Waals surface area contributed by atoms with Crippen molar-refractivity contribution in [3.8, 4) is 0 Å². The van der Waals surface area contributed by atoms with Crippen LogP contribution in [0.5, 0.6) is 0 Å². The molecule has 1 aromatic heterocycles. The predicted octanol–water partition coefficient (Wildman–Crippen LogP) is 2.65. The first-order chi connectivity index (χ1) is 12.1. The quantitative estimate of drug-likeness (QED) is 0.863. The minimum absolute atomic E-state index is 0.119. The Hall–Kier alpha value is -2.60. The summed E-state index contributed by atoms with van der Waals surface area (Å²) in [4.78, 5) is 25.6. The highest BCUT2D eigenvalue weighted by atomic mass is 16.5. The first kappa shape index (κ1) is 17.2. The van der Waals surface area contributed by atoms with Crippen LogP contribution in [0.1, 0.15) is 45.4 Å². The van der Waals surface area contributed by atoms with Gasteiger partial charge in [-0.1, -0.05) is 30.3 Å². The summed E-state index contributed by atoms with van der Waals surface area (Å²) in [6.45, 7) is 1.09. The average Bonchev–Trinajstić information content (AvgIpc) is 3.17. The Balaban J connectivity index is 1.59. The second-order valence-corrected chi connectivity index (χ2v) is 6.18. The number of esters is 1. The first-order valence-electron chi connectivity index (χ1n) is 8.29. The third kappa shape index (κ3) is 3.74. The molecule has 3 rings (SSSR count). The molecular formula is C19H21NO5. The van der Waals surface area contributed by atoms with Gasteiger partial charge in [0.25, 0.3) is 5.91 Å². The molecule has 132 valence electrons. The van der Waals surface area contributed by atoms with E-state index in [1.165, 1.54) is 19.4 Å². The molecule has 1 aliphatic heterocycles. The summed E-state index contributed by atoms with van der Waals surface area (Å²) in [5.41, 5.74) is 1.13. The van der Waals surface area contributed by atoms with E-state index in [1.54, 1.807) is 4.90 Å². The fourth-order valence-electron chi connectivity index (χ4n) is 3.17. The Labute approximate surface area is 146 Å². The Morgan fingerprint density at radius 3 is 2.56 bits per heavy atom. The zero-order valence-electron chi connectivity index (χ0n) is 14.1. The number of rotatable bonds is 4. The number of piperidine rings is 1. The van der Waals surface area contributed by atoms with Gasteiger partial charge in [0.2, 0.25) is 0 Å². The maximum atomic E-state index is 12.5. The fourth-order valence-corrected chi connectivity index (χ4v) is 3.17. The maximum absolute atomic E-state index is 12.5. The van der Waals surface area contributed by atoms with E-state index in [1.807, 2.05) is 30.3 Å². The summed E-state index contributed by atoms with van der Waals surface area (Å²) in [7, 11) is 1.28. The molecule has 0 radical (unpaired) electrons. The molecule has 1 fully saturated rings. The van der Waals surface area contributed by atoms with Crippen molar-refractivity contribution in [3.05, 3.63) is 59.5 Å². The molecule has 6 heteroatoms. The molecule has 1 aliphatic rings. The van der Waals surface area contributed by atoms with E-state index in [0.29, 0.717) is 25.9 Å². The van der Waals surface area contributed by atoms with Gasteiger partial charge in [0.05, 0.1) is 18.8 Å². The summed E-state index contributed by atoms with van der Waals surface area (Å²) in [6.07, 6.45) is 2.14. The van der Waals surface area contributed by atoms with Crippen LogP contribution in [-0.2, 0) is 4.74 Å². The van der Waals surface area contributed by atoms with Crippen molar-refractivity contribution in [2.45, 2.75) is 18.9 Å².